The first-order chi connectivity index (χ1) is 50.4. The molecule has 0 aliphatic carbocycles. The molecule has 504 valence electrons. The quantitative estimate of drug-likeness (QED) is 0.0252. The molecule has 0 radical (unpaired) electrons. The number of aliphatic imine (C=N–C) groups is 2. The molecule has 17 rings (SSSR count). The van der Waals surface area contributed by atoms with Crippen LogP contribution in [0, 0.1) is 0 Å². The van der Waals surface area contributed by atoms with Crippen LogP contribution in [0.4, 0.5) is 11.4 Å². The number of rotatable bonds is 15. The van der Waals surface area contributed by atoms with Gasteiger partial charge in [-0.2, -0.15) is 15.2 Å². The van der Waals surface area contributed by atoms with Crippen molar-refractivity contribution >= 4 is 85.2 Å². The van der Waals surface area contributed by atoms with E-state index in [1.165, 1.54) is 0 Å². The van der Waals surface area contributed by atoms with Crippen LogP contribution in [0.1, 0.15) is 93.0 Å². The van der Waals surface area contributed by atoms with E-state index >= 15 is 0 Å². The number of hydrogen-bond donors (Lipinski definition) is 2. The number of pyridine rings is 2. The smallest absolute Gasteiger partial charge is 0.272 e. The zero-order chi connectivity index (χ0) is 70.5. The lowest BCUT2D eigenvalue weighted by Gasteiger charge is -2.37. The number of alkyl halides is 3. The summed E-state index contributed by atoms with van der Waals surface area (Å²) in [6, 6.07) is 100.0. The molecule has 7 heterocycles. The highest BCUT2D eigenvalue weighted by atomic mass is 35.6. The van der Waals surface area contributed by atoms with Gasteiger partial charge in [-0.25, -0.2) is 14.4 Å². The van der Waals surface area contributed by atoms with E-state index < -0.39 is 14.9 Å². The Balaban J connectivity index is 0.000000145. The second kappa shape index (κ2) is 29.0. The molecule has 14 nitrogen and oxygen atoms in total. The van der Waals surface area contributed by atoms with Crippen LogP contribution in [-0.4, -0.2) is 65.9 Å². The molecule has 0 fully saturated rings. The van der Waals surface area contributed by atoms with Crippen LogP contribution >= 0.6 is 34.8 Å². The maximum Gasteiger partial charge on any atom is 0.272 e. The van der Waals surface area contributed by atoms with Gasteiger partial charge in [-0.1, -0.05) is 302 Å². The van der Waals surface area contributed by atoms with Crippen LogP contribution in [0.15, 0.2) is 336 Å². The van der Waals surface area contributed by atoms with Crippen molar-refractivity contribution in [2.24, 2.45) is 20.9 Å². The SMILES string of the molecule is CC(/C(N)=N/O)c1ccccc1.CC(c1ccccc1)c1noc(C2=Nc3cc4c(-c5ccncc5)nn(C(c5ccccc5)(c5ccccc5)c5ccccc5)c4cc3C2)n1.ClC(Cl)(Cl)C1=Nc2cc3c(-c4ccncc4)nn(C(c4ccccc4)(c4ccccc4)c4ccccc4)c3cc2C1. The van der Waals surface area contributed by atoms with Gasteiger partial charge in [-0.3, -0.25) is 15.0 Å². The fourth-order valence-electron chi connectivity index (χ4n) is 14.1. The van der Waals surface area contributed by atoms with Gasteiger partial charge in [-0.05, 0) is 104 Å². The minimum absolute atomic E-state index is 0.00310. The number of oxime groups is 1. The lowest BCUT2D eigenvalue weighted by atomic mass is 9.77. The maximum atomic E-state index is 8.43. The Kier molecular flexibility index (Phi) is 18.8. The highest BCUT2D eigenvalue weighted by molar-refractivity contribution is 6.77. The lowest BCUT2D eigenvalue weighted by molar-refractivity contribution is 0.316. The molecule has 0 saturated carbocycles. The zero-order valence-electron chi connectivity index (χ0n) is 56.1. The Morgan fingerprint density at radius 2 is 0.825 bits per heavy atom. The van der Waals surface area contributed by atoms with Crippen LogP contribution in [0.3, 0.4) is 0 Å². The molecule has 5 aromatic heterocycles. The average molecular weight is 1410 g/mol. The predicted octanol–water partition coefficient (Wildman–Crippen LogP) is 19.6. The summed E-state index contributed by atoms with van der Waals surface area (Å²) < 4.78 is 8.62. The molecule has 3 N–H and O–H groups in total. The number of aromatic nitrogens is 8. The zero-order valence-corrected chi connectivity index (χ0v) is 58.3. The molecule has 10 aromatic carbocycles. The number of nitrogens with two attached hydrogens (primary N) is 1. The number of fused-ring (bicyclic) bond motifs is 4. The molecule has 17 heteroatoms. The summed E-state index contributed by atoms with van der Waals surface area (Å²) in [6.45, 7) is 3.98. The lowest BCUT2D eigenvalue weighted by Crippen LogP contribution is -2.38. The van der Waals surface area contributed by atoms with Crippen LogP contribution in [-0.2, 0) is 23.9 Å². The van der Waals surface area contributed by atoms with E-state index in [0.717, 1.165) is 117 Å². The van der Waals surface area contributed by atoms with Crippen LogP contribution < -0.4 is 5.73 Å². The Labute approximate surface area is 610 Å². The molecule has 2 aliphatic heterocycles. The second-order valence-corrected chi connectivity index (χ2v) is 27.6. The number of hydrogen-bond acceptors (Lipinski definition) is 11. The Bertz CT molecular complexity index is 5340. The third-order valence-corrected chi connectivity index (χ3v) is 19.9. The van der Waals surface area contributed by atoms with E-state index in [4.69, 9.17) is 75.4 Å². The van der Waals surface area contributed by atoms with Gasteiger partial charge in [0.1, 0.15) is 34.0 Å². The molecule has 103 heavy (non-hydrogen) atoms. The first-order valence-corrected chi connectivity index (χ1v) is 34.9. The highest BCUT2D eigenvalue weighted by Crippen LogP contribution is 2.49. The summed E-state index contributed by atoms with van der Waals surface area (Å²) in [6.07, 6.45) is 8.21. The van der Waals surface area contributed by atoms with Crippen LogP contribution in [0.5, 0.6) is 0 Å². The third-order valence-electron chi connectivity index (χ3n) is 19.2. The van der Waals surface area contributed by atoms with Gasteiger partial charge in [0.25, 0.3) is 5.89 Å². The maximum absolute atomic E-state index is 8.43. The number of halogens is 3. The molecule has 0 bridgehead atoms. The van der Waals surface area contributed by atoms with Gasteiger partial charge in [0, 0.05) is 71.4 Å². The number of amidine groups is 1. The Morgan fingerprint density at radius 3 is 1.20 bits per heavy atom. The van der Waals surface area contributed by atoms with Gasteiger partial charge in [0.05, 0.1) is 28.1 Å². The molecule has 2 unspecified atom stereocenters. The molecule has 15 aromatic rings. The van der Waals surface area contributed by atoms with Gasteiger partial charge in [0.15, 0.2) is 5.82 Å². The Morgan fingerprint density at radius 1 is 0.466 bits per heavy atom. The van der Waals surface area contributed by atoms with Crippen molar-refractivity contribution in [2.45, 2.75) is 53.4 Å². The topological polar surface area (TPSA) is 184 Å². The summed E-state index contributed by atoms with van der Waals surface area (Å²) in [5.41, 5.74) is 23.2. The normalized spacial score (nSPS) is 13.4. The molecule has 2 aliphatic rings. The molecule has 0 saturated heterocycles. The summed E-state index contributed by atoms with van der Waals surface area (Å²) in [5.74, 6) is 1.30. The molecule has 0 spiro atoms. The van der Waals surface area contributed by atoms with E-state index in [1.54, 1.807) is 12.4 Å². The van der Waals surface area contributed by atoms with E-state index in [-0.39, 0.29) is 17.7 Å². The Hall–Kier alpha value is -11.9. The van der Waals surface area contributed by atoms with E-state index in [0.29, 0.717) is 30.3 Å². The van der Waals surface area contributed by atoms with Gasteiger partial charge in [0.2, 0.25) is 3.79 Å². The van der Waals surface area contributed by atoms with Gasteiger partial charge < -0.3 is 15.5 Å². The van der Waals surface area contributed by atoms with Crippen molar-refractivity contribution < 1.29 is 9.73 Å². The van der Waals surface area contributed by atoms with Crippen molar-refractivity contribution in [3.8, 4) is 22.5 Å². The summed E-state index contributed by atoms with van der Waals surface area (Å²) in [7, 11) is 0. The largest absolute Gasteiger partial charge is 0.409 e. The van der Waals surface area contributed by atoms with Crippen molar-refractivity contribution in [3.05, 3.63) is 383 Å². The fourth-order valence-corrected chi connectivity index (χ4v) is 14.4. The second-order valence-electron chi connectivity index (χ2n) is 25.3. The number of nitrogens with zero attached hydrogens (tertiary/aromatic N) is 11. The number of benzene rings is 10. The van der Waals surface area contributed by atoms with E-state index in [1.807, 2.05) is 110 Å². The minimum atomic E-state index is -1.58. The van der Waals surface area contributed by atoms with Crippen LogP contribution in [0.25, 0.3) is 44.3 Å². The minimum Gasteiger partial charge on any atom is -0.409 e. The predicted molar refractivity (Wildman–Crippen MR) is 413 cm³/mol. The highest BCUT2D eigenvalue weighted by Gasteiger charge is 2.44. The van der Waals surface area contributed by atoms with Crippen LogP contribution in [0.2, 0.25) is 0 Å². The molecule has 2 atom stereocenters. The first kappa shape index (κ1) is 66.9. The van der Waals surface area contributed by atoms with Gasteiger partial charge in [-0.15, -0.1) is 0 Å². The summed E-state index contributed by atoms with van der Waals surface area (Å²) in [4.78, 5) is 23.2. The third kappa shape index (κ3) is 12.9. The summed E-state index contributed by atoms with van der Waals surface area (Å²) >= 11 is 18.8. The summed E-state index contributed by atoms with van der Waals surface area (Å²) in [5, 5.41) is 28.7. The fraction of sp³-hybridized carbons (Fsp3) is 0.105. The van der Waals surface area contributed by atoms with Crippen molar-refractivity contribution in [1.82, 2.24) is 39.7 Å². The average Bonchev–Trinajstić information content (AvgIpc) is 1.61. The molecular weight excluding hydrogens is 1340 g/mol. The molecule has 0 amide bonds. The first-order valence-electron chi connectivity index (χ1n) is 33.8. The van der Waals surface area contributed by atoms with Crippen molar-refractivity contribution in [3.63, 3.8) is 0 Å². The van der Waals surface area contributed by atoms with Crippen molar-refractivity contribution in [2.75, 3.05) is 0 Å². The molecular formula is C86H67Cl3N12O2. The van der Waals surface area contributed by atoms with Crippen molar-refractivity contribution in [1.29, 1.82) is 0 Å². The van der Waals surface area contributed by atoms with Gasteiger partial charge >= 0.3 is 0 Å². The monoisotopic (exact) mass is 1400 g/mol. The van der Waals surface area contributed by atoms with E-state index in [9.17, 15) is 0 Å². The van der Waals surface area contributed by atoms with E-state index in [2.05, 4.69) is 237 Å². The standard InChI is InChI=1S/C43H32N6O.C34H23Cl3N4.C9H12N2O/c1-29(30-14-6-2-7-15-30)41-46-42(50-48-41)38-26-32-27-39-36(28-37(32)45-38)40(31-22-24-44-25-23-31)47-49(39)43(33-16-8-3-9-17-33,34-18-10-4-11-19-34)35-20-12-5-13-21-35;35-34(36,37)31-21-24-20-30-28(22-29(24)39-31)32(23-16-18-38-19-17-23)40-41(30)33(25-10-4-1-5-11-25,26-12-6-2-7-13-26)27-14-8-3-9-15-27;1-7(9(10)11-12)8-5-3-2-4-6-8/h2-25,27-29H,26H2,1H3;1-20,22H,21H2;2-7,12H,1H3,(H2,10,11).